The second-order valence-electron chi connectivity index (χ2n) is 6.02. The number of nitrogens with zero attached hydrogens (tertiary/aromatic N) is 1. The highest BCUT2D eigenvalue weighted by molar-refractivity contribution is 7.80. The van der Waals surface area contributed by atoms with Gasteiger partial charge in [0.05, 0.1) is 12.0 Å². The van der Waals surface area contributed by atoms with Crippen LogP contribution in [0.1, 0.15) is 23.3 Å². The van der Waals surface area contributed by atoms with Crippen LogP contribution in [0.2, 0.25) is 0 Å². The predicted molar refractivity (Wildman–Crippen MR) is 111 cm³/mol. The summed E-state index contributed by atoms with van der Waals surface area (Å²) in [5, 5.41) is 2.49. The molecule has 0 saturated carbocycles. The second-order valence-corrected chi connectivity index (χ2v) is 6.39. The molecule has 0 aliphatic heterocycles. The van der Waals surface area contributed by atoms with Crippen LogP contribution in [0.5, 0.6) is 0 Å². The number of ether oxygens (including phenoxy) is 1. The van der Waals surface area contributed by atoms with Crippen molar-refractivity contribution in [2.75, 3.05) is 17.7 Å². The summed E-state index contributed by atoms with van der Waals surface area (Å²) in [6, 6.07) is 9.99. The zero-order valence-electron chi connectivity index (χ0n) is 15.5. The standard InChI is InChI=1S/C20H18N2O6S/c1-2-27-20(26)15(11-29)22-9-8-16-13(18(22)24)10-14(19(25)28-16)21-17(23)12-6-4-3-5-7-12/h3-10,15,29H,2,11H2,1H3,(H,21,23). The van der Waals surface area contributed by atoms with Gasteiger partial charge in [-0.15, -0.1) is 0 Å². The molecule has 3 aromatic rings. The number of thiol groups is 1. The van der Waals surface area contributed by atoms with Crippen LogP contribution in [0.3, 0.4) is 0 Å². The fourth-order valence-corrected chi connectivity index (χ4v) is 3.09. The van der Waals surface area contributed by atoms with Gasteiger partial charge >= 0.3 is 11.6 Å². The van der Waals surface area contributed by atoms with E-state index in [0.717, 1.165) is 4.57 Å². The molecule has 2 aromatic heterocycles. The predicted octanol–water partition coefficient (Wildman–Crippen LogP) is 2.24. The summed E-state index contributed by atoms with van der Waals surface area (Å²) in [5.74, 6) is -1.08. The van der Waals surface area contributed by atoms with E-state index in [1.165, 1.54) is 18.3 Å². The van der Waals surface area contributed by atoms with E-state index in [2.05, 4.69) is 17.9 Å². The Hall–Kier alpha value is -3.33. The Labute approximate surface area is 170 Å². The highest BCUT2D eigenvalue weighted by Crippen LogP contribution is 2.16. The Morgan fingerprint density at radius 1 is 1.21 bits per heavy atom. The number of nitrogens with one attached hydrogen (secondary N) is 1. The molecule has 0 radical (unpaired) electrons. The summed E-state index contributed by atoms with van der Waals surface area (Å²) in [6.07, 6.45) is 1.34. The lowest BCUT2D eigenvalue weighted by Crippen LogP contribution is -2.32. The summed E-state index contributed by atoms with van der Waals surface area (Å²) in [6.45, 7) is 1.82. The number of hydrogen-bond acceptors (Lipinski definition) is 7. The summed E-state index contributed by atoms with van der Waals surface area (Å²) < 4.78 is 11.3. The maximum Gasteiger partial charge on any atom is 0.360 e. The van der Waals surface area contributed by atoms with E-state index >= 15 is 0 Å². The van der Waals surface area contributed by atoms with E-state index < -0.39 is 29.1 Å². The van der Waals surface area contributed by atoms with Crippen LogP contribution >= 0.6 is 12.6 Å². The first-order valence-corrected chi connectivity index (χ1v) is 9.42. The van der Waals surface area contributed by atoms with E-state index in [1.54, 1.807) is 37.3 Å². The van der Waals surface area contributed by atoms with Gasteiger partial charge in [0.2, 0.25) is 0 Å². The lowest BCUT2D eigenvalue weighted by Gasteiger charge is -2.16. The SMILES string of the molecule is CCOC(=O)C(CS)n1ccc2oc(=O)c(NC(=O)c3ccccc3)cc2c1=O. The van der Waals surface area contributed by atoms with E-state index in [0.29, 0.717) is 5.56 Å². The first-order valence-electron chi connectivity index (χ1n) is 8.79. The van der Waals surface area contributed by atoms with Gasteiger partial charge in [0.1, 0.15) is 17.3 Å². The Balaban J connectivity index is 2.04. The number of amides is 1. The number of aromatic nitrogens is 1. The van der Waals surface area contributed by atoms with Gasteiger partial charge in [-0.25, -0.2) is 9.59 Å². The number of fused-ring (bicyclic) bond motifs is 1. The molecule has 0 aliphatic carbocycles. The molecule has 0 saturated heterocycles. The van der Waals surface area contributed by atoms with Gasteiger partial charge < -0.3 is 14.5 Å². The first-order chi connectivity index (χ1) is 14.0. The number of pyridine rings is 1. The molecule has 150 valence electrons. The number of benzene rings is 1. The Bertz CT molecular complexity index is 1170. The zero-order valence-corrected chi connectivity index (χ0v) is 16.3. The number of carbonyl (C=O) groups excluding carboxylic acids is 2. The van der Waals surface area contributed by atoms with Gasteiger partial charge in [-0.2, -0.15) is 12.6 Å². The molecule has 0 fully saturated rings. The van der Waals surface area contributed by atoms with Crippen molar-refractivity contribution in [3.63, 3.8) is 0 Å². The minimum atomic E-state index is -0.940. The average Bonchev–Trinajstić information content (AvgIpc) is 2.72. The van der Waals surface area contributed by atoms with Crippen LogP contribution in [0.25, 0.3) is 11.0 Å². The number of rotatable bonds is 6. The molecule has 0 aliphatic rings. The topological polar surface area (TPSA) is 108 Å². The highest BCUT2D eigenvalue weighted by atomic mass is 32.1. The smallest absolute Gasteiger partial charge is 0.360 e. The third kappa shape index (κ3) is 4.24. The van der Waals surface area contributed by atoms with Gasteiger partial charge in [-0.3, -0.25) is 14.2 Å². The van der Waals surface area contributed by atoms with Crippen molar-refractivity contribution < 1.29 is 18.7 Å². The van der Waals surface area contributed by atoms with Crippen molar-refractivity contribution in [2.45, 2.75) is 13.0 Å². The number of hydrogen-bond donors (Lipinski definition) is 2. The van der Waals surface area contributed by atoms with Crippen LogP contribution in [-0.2, 0) is 9.53 Å². The Morgan fingerprint density at radius 2 is 1.93 bits per heavy atom. The molecule has 1 aromatic carbocycles. The van der Waals surface area contributed by atoms with Gasteiger partial charge in [0.25, 0.3) is 11.5 Å². The van der Waals surface area contributed by atoms with Gasteiger partial charge in [0, 0.05) is 17.5 Å². The van der Waals surface area contributed by atoms with Crippen molar-refractivity contribution in [1.82, 2.24) is 4.57 Å². The Morgan fingerprint density at radius 3 is 2.59 bits per heavy atom. The normalized spacial score (nSPS) is 11.8. The number of esters is 1. The maximum atomic E-state index is 12.9. The first kappa shape index (κ1) is 20.4. The van der Waals surface area contributed by atoms with Crippen molar-refractivity contribution in [1.29, 1.82) is 0 Å². The molecule has 8 nitrogen and oxygen atoms in total. The van der Waals surface area contributed by atoms with Crippen LogP contribution in [0.15, 0.2) is 62.7 Å². The minimum absolute atomic E-state index is 0.0338. The lowest BCUT2D eigenvalue weighted by atomic mass is 10.2. The fourth-order valence-electron chi connectivity index (χ4n) is 2.76. The largest absolute Gasteiger partial charge is 0.464 e. The van der Waals surface area contributed by atoms with Crippen LogP contribution in [-0.4, -0.2) is 28.8 Å². The van der Waals surface area contributed by atoms with E-state index in [-0.39, 0.29) is 29.0 Å². The maximum absolute atomic E-state index is 12.9. The second kappa shape index (κ2) is 8.78. The third-order valence-electron chi connectivity index (χ3n) is 4.18. The van der Waals surface area contributed by atoms with Crippen molar-refractivity contribution in [3.05, 3.63) is 75.0 Å². The zero-order chi connectivity index (χ0) is 21.0. The molecule has 0 bridgehead atoms. The van der Waals surface area contributed by atoms with Crippen LogP contribution in [0.4, 0.5) is 5.69 Å². The van der Waals surface area contributed by atoms with Crippen molar-refractivity contribution >= 4 is 41.2 Å². The van der Waals surface area contributed by atoms with Gasteiger partial charge in [0.15, 0.2) is 0 Å². The molecule has 1 atom stereocenters. The van der Waals surface area contributed by atoms with E-state index in [1.807, 2.05) is 0 Å². The summed E-state index contributed by atoms with van der Waals surface area (Å²) in [7, 11) is 0. The monoisotopic (exact) mass is 414 g/mol. The molecule has 1 amide bonds. The molecular formula is C20H18N2O6S. The molecule has 2 heterocycles. The molecule has 0 spiro atoms. The number of anilines is 1. The summed E-state index contributed by atoms with van der Waals surface area (Å²) in [5.41, 5.74) is -1.17. The summed E-state index contributed by atoms with van der Waals surface area (Å²) >= 11 is 4.13. The van der Waals surface area contributed by atoms with Gasteiger partial charge in [-0.1, -0.05) is 18.2 Å². The highest BCUT2D eigenvalue weighted by Gasteiger charge is 2.23. The number of carbonyl (C=O) groups is 2. The molecule has 9 heteroatoms. The van der Waals surface area contributed by atoms with Crippen molar-refractivity contribution in [2.24, 2.45) is 0 Å². The lowest BCUT2D eigenvalue weighted by molar-refractivity contribution is -0.146. The molecule has 29 heavy (non-hydrogen) atoms. The third-order valence-corrected chi connectivity index (χ3v) is 4.53. The van der Waals surface area contributed by atoms with E-state index in [9.17, 15) is 19.2 Å². The van der Waals surface area contributed by atoms with Crippen molar-refractivity contribution in [3.8, 4) is 0 Å². The molecule has 3 rings (SSSR count). The van der Waals surface area contributed by atoms with Gasteiger partial charge in [-0.05, 0) is 31.2 Å². The average molecular weight is 414 g/mol. The fraction of sp³-hybridized carbons (Fsp3) is 0.200. The minimum Gasteiger partial charge on any atom is -0.464 e. The quantitative estimate of drug-likeness (QED) is 0.473. The molecule has 1 N–H and O–H groups in total. The van der Waals surface area contributed by atoms with Crippen LogP contribution in [0, 0.1) is 0 Å². The van der Waals surface area contributed by atoms with E-state index in [4.69, 9.17) is 9.15 Å². The summed E-state index contributed by atoms with van der Waals surface area (Å²) in [4.78, 5) is 49.6. The molecular weight excluding hydrogens is 396 g/mol. The van der Waals surface area contributed by atoms with Crippen LogP contribution < -0.4 is 16.5 Å². The molecule has 1 unspecified atom stereocenters. The Kier molecular flexibility index (Phi) is 6.18.